The van der Waals surface area contributed by atoms with Crippen molar-refractivity contribution in [2.45, 2.75) is 5.38 Å². The third kappa shape index (κ3) is 2.76. The second-order valence-corrected chi connectivity index (χ2v) is 4.43. The molecule has 88 valence electrons. The molecule has 0 aliphatic heterocycles. The van der Waals surface area contributed by atoms with Gasteiger partial charge in [-0.15, -0.1) is 11.6 Å². The summed E-state index contributed by atoms with van der Waals surface area (Å²) < 4.78 is 26.0. The quantitative estimate of drug-likeness (QED) is 0.679. The fourth-order valence-electron chi connectivity index (χ4n) is 1.49. The molecule has 0 radical (unpaired) electrons. The summed E-state index contributed by atoms with van der Waals surface area (Å²) in [4.78, 5) is 0. The van der Waals surface area contributed by atoms with Crippen LogP contribution in [0.3, 0.4) is 0 Å². The molecule has 4 heteroatoms. The average Bonchev–Trinajstić information content (AvgIpc) is 2.33. The first kappa shape index (κ1) is 12.3. The highest BCUT2D eigenvalue weighted by Crippen LogP contribution is 2.30. The van der Waals surface area contributed by atoms with Gasteiger partial charge in [-0.25, -0.2) is 8.78 Å². The van der Waals surface area contributed by atoms with E-state index in [2.05, 4.69) is 0 Å². The lowest BCUT2D eigenvalue weighted by Crippen LogP contribution is -1.94. The maximum Gasteiger partial charge on any atom is 0.142 e. The molecule has 0 amide bonds. The van der Waals surface area contributed by atoms with Gasteiger partial charge in [0.2, 0.25) is 0 Å². The van der Waals surface area contributed by atoms with Gasteiger partial charge in [0.1, 0.15) is 11.6 Å². The Kier molecular flexibility index (Phi) is 3.65. The smallest absolute Gasteiger partial charge is 0.142 e. The molecule has 0 aromatic heterocycles. The lowest BCUT2D eigenvalue weighted by atomic mass is 10.0. The van der Waals surface area contributed by atoms with Gasteiger partial charge in [-0.05, 0) is 35.4 Å². The van der Waals surface area contributed by atoms with Crippen molar-refractivity contribution in [1.82, 2.24) is 0 Å². The summed E-state index contributed by atoms with van der Waals surface area (Å²) in [5, 5.41) is -0.473. The molecular weight excluding hydrogens is 265 g/mol. The number of halogens is 4. The Morgan fingerprint density at radius 2 is 1.47 bits per heavy atom. The molecule has 0 saturated carbocycles. The van der Waals surface area contributed by atoms with Crippen LogP contribution in [0.4, 0.5) is 8.78 Å². The molecule has 0 spiro atoms. The van der Waals surface area contributed by atoms with Crippen LogP contribution in [-0.2, 0) is 0 Å². The van der Waals surface area contributed by atoms with E-state index in [4.69, 9.17) is 23.2 Å². The van der Waals surface area contributed by atoms with E-state index in [-0.39, 0.29) is 10.8 Å². The number of alkyl halides is 1. The van der Waals surface area contributed by atoms with E-state index in [1.54, 1.807) is 18.2 Å². The minimum Gasteiger partial charge on any atom is -0.207 e. The fraction of sp³-hybridized carbons (Fsp3) is 0.0769. The van der Waals surface area contributed by atoms with Crippen molar-refractivity contribution in [1.29, 1.82) is 0 Å². The Balaban J connectivity index is 2.33. The van der Waals surface area contributed by atoms with Gasteiger partial charge >= 0.3 is 0 Å². The van der Waals surface area contributed by atoms with Crippen LogP contribution in [0.2, 0.25) is 5.02 Å². The molecule has 0 N–H and O–H groups in total. The molecule has 0 aliphatic carbocycles. The van der Waals surface area contributed by atoms with Gasteiger partial charge < -0.3 is 0 Å². The molecular formula is C13H8Cl2F2. The molecule has 2 aromatic carbocycles. The SMILES string of the molecule is Fc1ccc(C(Cl)c2ccc(Cl)c(F)c2)cc1. The van der Waals surface area contributed by atoms with E-state index in [1.807, 2.05) is 0 Å². The average molecular weight is 273 g/mol. The Labute approximate surface area is 108 Å². The zero-order valence-corrected chi connectivity index (χ0v) is 10.1. The first-order valence-corrected chi connectivity index (χ1v) is 5.74. The third-order valence-corrected chi connectivity index (χ3v) is 3.21. The molecule has 2 rings (SSSR count). The largest absolute Gasteiger partial charge is 0.207 e. The van der Waals surface area contributed by atoms with Crippen molar-refractivity contribution < 1.29 is 8.78 Å². The highest BCUT2D eigenvalue weighted by atomic mass is 35.5. The monoisotopic (exact) mass is 272 g/mol. The summed E-state index contributed by atoms with van der Waals surface area (Å²) in [5.41, 5.74) is 1.29. The van der Waals surface area contributed by atoms with Crippen LogP contribution in [0, 0.1) is 11.6 Å². The van der Waals surface area contributed by atoms with Crippen molar-refractivity contribution in [2.75, 3.05) is 0 Å². The first-order chi connectivity index (χ1) is 8.08. The van der Waals surface area contributed by atoms with Crippen molar-refractivity contribution in [3.05, 3.63) is 70.2 Å². The molecule has 0 heterocycles. The Hall–Kier alpha value is -1.12. The zero-order valence-electron chi connectivity index (χ0n) is 8.63. The molecule has 0 saturated heterocycles. The topological polar surface area (TPSA) is 0 Å². The van der Waals surface area contributed by atoms with Crippen molar-refractivity contribution >= 4 is 23.2 Å². The summed E-state index contributed by atoms with van der Waals surface area (Å²) in [6.45, 7) is 0. The van der Waals surface area contributed by atoms with E-state index in [0.717, 1.165) is 0 Å². The van der Waals surface area contributed by atoms with Gasteiger partial charge in [0, 0.05) is 0 Å². The minimum absolute atomic E-state index is 0.0525. The van der Waals surface area contributed by atoms with Crippen LogP contribution in [0.25, 0.3) is 0 Å². The van der Waals surface area contributed by atoms with Crippen LogP contribution in [0.1, 0.15) is 16.5 Å². The van der Waals surface area contributed by atoms with Crippen molar-refractivity contribution in [3.8, 4) is 0 Å². The summed E-state index contributed by atoms with van der Waals surface area (Å²) in [6, 6.07) is 10.1. The fourth-order valence-corrected chi connectivity index (χ4v) is 1.89. The van der Waals surface area contributed by atoms with E-state index < -0.39 is 11.2 Å². The molecule has 1 unspecified atom stereocenters. The van der Waals surface area contributed by atoms with Crippen molar-refractivity contribution in [2.24, 2.45) is 0 Å². The predicted octanol–water partition coefficient (Wildman–Crippen LogP) is 4.95. The van der Waals surface area contributed by atoms with Gasteiger partial charge in [-0.1, -0.05) is 29.8 Å². The maximum absolute atomic E-state index is 13.3. The van der Waals surface area contributed by atoms with Gasteiger partial charge in [0.15, 0.2) is 0 Å². The van der Waals surface area contributed by atoms with Crippen LogP contribution >= 0.6 is 23.2 Å². The van der Waals surface area contributed by atoms with Crippen LogP contribution in [-0.4, -0.2) is 0 Å². The molecule has 0 nitrogen and oxygen atoms in total. The zero-order chi connectivity index (χ0) is 12.4. The summed E-state index contributed by atoms with van der Waals surface area (Å²) in [5.74, 6) is -0.850. The molecule has 0 bridgehead atoms. The molecule has 1 atom stereocenters. The molecule has 0 aliphatic rings. The summed E-state index contributed by atoms with van der Waals surface area (Å²) in [6.07, 6.45) is 0. The highest BCUT2D eigenvalue weighted by molar-refractivity contribution is 6.30. The van der Waals surface area contributed by atoms with E-state index in [1.165, 1.54) is 24.3 Å². The lowest BCUT2D eigenvalue weighted by Gasteiger charge is -2.10. The number of hydrogen-bond acceptors (Lipinski definition) is 0. The second kappa shape index (κ2) is 5.03. The lowest BCUT2D eigenvalue weighted by molar-refractivity contribution is 0.624. The van der Waals surface area contributed by atoms with Crippen LogP contribution in [0.5, 0.6) is 0 Å². The Morgan fingerprint density at radius 3 is 2.06 bits per heavy atom. The summed E-state index contributed by atoms with van der Waals surface area (Å²) >= 11 is 11.8. The van der Waals surface area contributed by atoms with E-state index in [9.17, 15) is 8.78 Å². The van der Waals surface area contributed by atoms with Gasteiger partial charge in [0.25, 0.3) is 0 Å². The van der Waals surface area contributed by atoms with Gasteiger partial charge in [-0.3, -0.25) is 0 Å². The molecule has 2 aromatic rings. The number of benzene rings is 2. The predicted molar refractivity (Wildman–Crippen MR) is 65.5 cm³/mol. The normalized spacial score (nSPS) is 12.5. The number of hydrogen-bond donors (Lipinski definition) is 0. The highest BCUT2D eigenvalue weighted by Gasteiger charge is 2.12. The van der Waals surface area contributed by atoms with Gasteiger partial charge in [-0.2, -0.15) is 0 Å². The Morgan fingerprint density at radius 1 is 0.882 bits per heavy atom. The number of rotatable bonds is 2. The van der Waals surface area contributed by atoms with E-state index in [0.29, 0.717) is 11.1 Å². The van der Waals surface area contributed by atoms with E-state index >= 15 is 0 Å². The first-order valence-electron chi connectivity index (χ1n) is 4.92. The van der Waals surface area contributed by atoms with Crippen LogP contribution < -0.4 is 0 Å². The van der Waals surface area contributed by atoms with Crippen LogP contribution in [0.15, 0.2) is 42.5 Å². The minimum atomic E-state index is -0.526. The van der Waals surface area contributed by atoms with Gasteiger partial charge in [0.05, 0.1) is 10.4 Å². The standard InChI is InChI=1S/C13H8Cl2F2/c14-11-6-3-9(7-12(11)17)13(15)8-1-4-10(16)5-2-8/h1-7,13H. The Bertz CT molecular complexity index is 523. The second-order valence-electron chi connectivity index (χ2n) is 3.59. The molecule has 0 fully saturated rings. The maximum atomic E-state index is 13.3. The summed E-state index contributed by atoms with van der Waals surface area (Å²) in [7, 11) is 0. The molecule has 17 heavy (non-hydrogen) atoms. The third-order valence-electron chi connectivity index (χ3n) is 2.40. The van der Waals surface area contributed by atoms with Crippen molar-refractivity contribution in [3.63, 3.8) is 0 Å².